The molecule has 1 aromatic carbocycles. The minimum absolute atomic E-state index is 0. The molecular weight excluding hydrogens is 329 g/mol. The standard InChI is InChI=1S/C18H21N3.2ClH/c1-21(2)12-10-15-13-14-7-3-4-8-16(14)18(20-15)17-9-5-6-11-19-17;;/h3-9,11,15H,10,12-13H2,1-2H3;2*1H. The molecule has 0 amide bonds. The van der Waals surface area contributed by atoms with Crippen LogP contribution in [-0.4, -0.2) is 42.3 Å². The molecule has 23 heavy (non-hydrogen) atoms. The lowest BCUT2D eigenvalue weighted by Crippen LogP contribution is -2.26. The Labute approximate surface area is 150 Å². The Bertz CT molecular complexity index is 642. The molecule has 2 heterocycles. The molecule has 0 saturated carbocycles. The van der Waals surface area contributed by atoms with Gasteiger partial charge in [0.25, 0.3) is 0 Å². The van der Waals surface area contributed by atoms with E-state index in [1.54, 1.807) is 0 Å². The number of halogens is 2. The van der Waals surface area contributed by atoms with Gasteiger partial charge < -0.3 is 4.90 Å². The molecule has 1 aliphatic heterocycles. The molecule has 0 bridgehead atoms. The van der Waals surface area contributed by atoms with Crippen LogP contribution in [0.1, 0.15) is 23.2 Å². The summed E-state index contributed by atoms with van der Waals surface area (Å²) in [6.07, 6.45) is 3.95. The number of benzene rings is 1. The van der Waals surface area contributed by atoms with Gasteiger partial charge in [-0.15, -0.1) is 24.8 Å². The molecule has 1 aromatic heterocycles. The maximum Gasteiger partial charge on any atom is 0.0909 e. The Hall–Kier alpha value is -1.42. The predicted octanol–water partition coefficient (Wildman–Crippen LogP) is 3.64. The number of hydrogen-bond acceptors (Lipinski definition) is 3. The zero-order valence-corrected chi connectivity index (χ0v) is 15.1. The molecule has 5 heteroatoms. The summed E-state index contributed by atoms with van der Waals surface area (Å²) in [7, 11) is 4.22. The Morgan fingerprint density at radius 1 is 1.04 bits per heavy atom. The molecule has 0 aliphatic carbocycles. The van der Waals surface area contributed by atoms with Gasteiger partial charge in [-0.25, -0.2) is 0 Å². The summed E-state index contributed by atoms with van der Waals surface area (Å²) >= 11 is 0. The first-order valence-corrected chi connectivity index (χ1v) is 7.46. The zero-order valence-electron chi connectivity index (χ0n) is 13.5. The minimum Gasteiger partial charge on any atom is -0.309 e. The fraction of sp³-hybridized carbons (Fsp3) is 0.333. The second-order valence-corrected chi connectivity index (χ2v) is 5.80. The molecule has 0 spiro atoms. The van der Waals surface area contributed by atoms with Crippen molar-refractivity contribution in [1.82, 2.24) is 9.88 Å². The van der Waals surface area contributed by atoms with Crippen LogP contribution in [0.5, 0.6) is 0 Å². The van der Waals surface area contributed by atoms with Crippen LogP contribution in [0.4, 0.5) is 0 Å². The van der Waals surface area contributed by atoms with E-state index in [0.717, 1.165) is 30.8 Å². The zero-order chi connectivity index (χ0) is 14.7. The van der Waals surface area contributed by atoms with E-state index in [2.05, 4.69) is 48.2 Å². The van der Waals surface area contributed by atoms with Crippen LogP contribution in [-0.2, 0) is 6.42 Å². The monoisotopic (exact) mass is 351 g/mol. The fourth-order valence-corrected chi connectivity index (χ4v) is 2.76. The summed E-state index contributed by atoms with van der Waals surface area (Å²) in [5.41, 5.74) is 4.63. The fourth-order valence-electron chi connectivity index (χ4n) is 2.76. The van der Waals surface area contributed by atoms with Crippen molar-refractivity contribution in [3.05, 3.63) is 65.5 Å². The molecule has 124 valence electrons. The number of nitrogens with zero attached hydrogens (tertiary/aromatic N) is 3. The van der Waals surface area contributed by atoms with E-state index >= 15 is 0 Å². The van der Waals surface area contributed by atoms with Gasteiger partial charge >= 0.3 is 0 Å². The van der Waals surface area contributed by atoms with Crippen molar-refractivity contribution in [3.63, 3.8) is 0 Å². The molecule has 3 rings (SSSR count). The highest BCUT2D eigenvalue weighted by atomic mass is 35.5. The molecule has 0 N–H and O–H groups in total. The van der Waals surface area contributed by atoms with Crippen molar-refractivity contribution in [3.8, 4) is 0 Å². The molecule has 0 saturated heterocycles. The van der Waals surface area contributed by atoms with E-state index in [9.17, 15) is 0 Å². The lowest BCUT2D eigenvalue weighted by atomic mass is 9.91. The Balaban J connectivity index is 0.00000132. The quantitative estimate of drug-likeness (QED) is 0.841. The van der Waals surface area contributed by atoms with Crippen LogP contribution in [0, 0.1) is 0 Å². The maximum absolute atomic E-state index is 4.99. The predicted molar refractivity (Wildman–Crippen MR) is 101 cm³/mol. The van der Waals surface area contributed by atoms with E-state index in [1.807, 2.05) is 24.4 Å². The molecule has 3 nitrogen and oxygen atoms in total. The van der Waals surface area contributed by atoms with Crippen molar-refractivity contribution in [2.75, 3.05) is 20.6 Å². The Morgan fingerprint density at radius 2 is 1.78 bits per heavy atom. The largest absolute Gasteiger partial charge is 0.309 e. The first-order chi connectivity index (χ1) is 10.2. The van der Waals surface area contributed by atoms with E-state index in [0.29, 0.717) is 6.04 Å². The average Bonchev–Trinajstić information content (AvgIpc) is 2.53. The van der Waals surface area contributed by atoms with Gasteiger partial charge in [0.05, 0.1) is 17.4 Å². The smallest absolute Gasteiger partial charge is 0.0909 e. The van der Waals surface area contributed by atoms with Crippen molar-refractivity contribution in [1.29, 1.82) is 0 Å². The lowest BCUT2D eigenvalue weighted by molar-refractivity contribution is 0.379. The third-order valence-electron chi connectivity index (χ3n) is 3.86. The molecule has 0 radical (unpaired) electrons. The summed E-state index contributed by atoms with van der Waals surface area (Å²) in [6.45, 7) is 1.06. The van der Waals surface area contributed by atoms with Gasteiger partial charge in [-0.1, -0.05) is 30.3 Å². The van der Waals surface area contributed by atoms with Gasteiger partial charge in [-0.05, 0) is 51.2 Å². The SMILES string of the molecule is CN(C)CCC1Cc2ccccc2C(c2ccccn2)=N1.Cl.Cl. The van der Waals surface area contributed by atoms with Gasteiger partial charge in [-0.3, -0.25) is 9.98 Å². The number of aliphatic imine (C=N–C) groups is 1. The van der Waals surface area contributed by atoms with E-state index < -0.39 is 0 Å². The van der Waals surface area contributed by atoms with Crippen molar-refractivity contribution < 1.29 is 0 Å². The summed E-state index contributed by atoms with van der Waals surface area (Å²) in [6, 6.07) is 14.9. The minimum atomic E-state index is 0. The average molecular weight is 352 g/mol. The van der Waals surface area contributed by atoms with Gasteiger partial charge in [0.1, 0.15) is 0 Å². The molecule has 1 aliphatic rings. The number of fused-ring (bicyclic) bond motifs is 1. The maximum atomic E-state index is 4.99. The molecule has 1 unspecified atom stereocenters. The van der Waals surface area contributed by atoms with Crippen LogP contribution in [0.2, 0.25) is 0 Å². The highest BCUT2D eigenvalue weighted by Crippen LogP contribution is 2.24. The van der Waals surface area contributed by atoms with Crippen LogP contribution in [0.3, 0.4) is 0 Å². The van der Waals surface area contributed by atoms with Crippen LogP contribution in [0.15, 0.2) is 53.7 Å². The lowest BCUT2D eigenvalue weighted by Gasteiger charge is -2.24. The van der Waals surface area contributed by atoms with Crippen LogP contribution >= 0.6 is 24.8 Å². The normalized spacial score (nSPS) is 16.0. The first kappa shape index (κ1) is 19.6. The molecule has 1 atom stereocenters. The Kier molecular flexibility index (Phi) is 7.69. The first-order valence-electron chi connectivity index (χ1n) is 7.46. The van der Waals surface area contributed by atoms with E-state index in [4.69, 9.17) is 4.99 Å². The number of hydrogen-bond donors (Lipinski definition) is 0. The molecule has 0 fully saturated rings. The topological polar surface area (TPSA) is 28.5 Å². The van der Waals surface area contributed by atoms with Crippen LogP contribution < -0.4 is 0 Å². The number of pyridine rings is 1. The summed E-state index contributed by atoms with van der Waals surface area (Å²) < 4.78 is 0. The third-order valence-corrected chi connectivity index (χ3v) is 3.86. The van der Waals surface area contributed by atoms with Crippen molar-refractivity contribution in [2.24, 2.45) is 4.99 Å². The van der Waals surface area contributed by atoms with Gasteiger partial charge in [-0.2, -0.15) is 0 Å². The van der Waals surface area contributed by atoms with Crippen molar-refractivity contribution in [2.45, 2.75) is 18.9 Å². The number of aromatic nitrogens is 1. The van der Waals surface area contributed by atoms with Gasteiger partial charge in [0.15, 0.2) is 0 Å². The second kappa shape index (κ2) is 9.02. The summed E-state index contributed by atoms with van der Waals surface area (Å²) in [5, 5.41) is 0. The van der Waals surface area contributed by atoms with Crippen molar-refractivity contribution >= 4 is 30.5 Å². The molecular formula is C18H23Cl2N3. The highest BCUT2D eigenvalue weighted by Gasteiger charge is 2.22. The summed E-state index contributed by atoms with van der Waals surface area (Å²) in [4.78, 5) is 11.7. The third kappa shape index (κ3) is 4.77. The summed E-state index contributed by atoms with van der Waals surface area (Å²) in [5.74, 6) is 0. The van der Waals surface area contributed by atoms with Crippen LogP contribution in [0.25, 0.3) is 0 Å². The second-order valence-electron chi connectivity index (χ2n) is 5.80. The Morgan fingerprint density at radius 3 is 2.48 bits per heavy atom. The van der Waals surface area contributed by atoms with Gasteiger partial charge in [0, 0.05) is 11.8 Å². The molecule has 2 aromatic rings. The van der Waals surface area contributed by atoms with E-state index in [-0.39, 0.29) is 24.8 Å². The van der Waals surface area contributed by atoms with E-state index in [1.165, 1.54) is 11.1 Å². The number of rotatable bonds is 4. The van der Waals surface area contributed by atoms with Gasteiger partial charge in [0.2, 0.25) is 0 Å². The highest BCUT2D eigenvalue weighted by molar-refractivity contribution is 6.13.